The standard InChI is InChI=1S/C12H15NO3/c1-16-11(15)6-5-8-7-13-12-9(8)3-2-4-10(12)14/h2-4,8,13-14H,5-7H2,1H3. The topological polar surface area (TPSA) is 58.6 Å². The molecule has 1 heterocycles. The SMILES string of the molecule is COC(=O)CCC1CNc2c(O)cccc21. The Bertz CT molecular complexity index is 403. The Morgan fingerprint density at radius 1 is 1.62 bits per heavy atom. The number of aromatic hydroxyl groups is 1. The van der Waals surface area contributed by atoms with Gasteiger partial charge in [-0.15, -0.1) is 0 Å². The fourth-order valence-electron chi connectivity index (χ4n) is 2.08. The Kier molecular flexibility index (Phi) is 2.99. The number of para-hydroxylation sites is 1. The lowest BCUT2D eigenvalue weighted by atomic mass is 9.96. The normalized spacial score (nSPS) is 17.7. The predicted molar refractivity (Wildman–Crippen MR) is 60.6 cm³/mol. The van der Waals surface area contributed by atoms with Crippen molar-refractivity contribution in [3.05, 3.63) is 23.8 Å². The van der Waals surface area contributed by atoms with Gasteiger partial charge in [-0.25, -0.2) is 0 Å². The van der Waals surface area contributed by atoms with E-state index in [1.807, 2.05) is 12.1 Å². The zero-order chi connectivity index (χ0) is 11.5. The van der Waals surface area contributed by atoms with Crippen LogP contribution in [0.1, 0.15) is 24.3 Å². The molecule has 2 rings (SSSR count). The predicted octanol–water partition coefficient (Wildman–Crippen LogP) is 1.85. The van der Waals surface area contributed by atoms with Crippen molar-refractivity contribution in [1.82, 2.24) is 0 Å². The van der Waals surface area contributed by atoms with Crippen LogP contribution in [0.3, 0.4) is 0 Å². The van der Waals surface area contributed by atoms with Gasteiger partial charge in [0.15, 0.2) is 0 Å². The number of carbonyl (C=O) groups is 1. The number of fused-ring (bicyclic) bond motifs is 1. The third-order valence-corrected chi connectivity index (χ3v) is 2.96. The highest BCUT2D eigenvalue weighted by Crippen LogP contribution is 2.39. The maximum absolute atomic E-state index is 11.1. The van der Waals surface area contributed by atoms with Crippen LogP contribution < -0.4 is 5.32 Å². The molecule has 0 aliphatic carbocycles. The molecule has 1 atom stereocenters. The maximum atomic E-state index is 11.1. The number of anilines is 1. The van der Waals surface area contributed by atoms with E-state index in [0.717, 1.165) is 24.2 Å². The zero-order valence-electron chi connectivity index (χ0n) is 9.19. The number of phenols is 1. The van der Waals surface area contributed by atoms with Crippen molar-refractivity contribution in [2.75, 3.05) is 19.0 Å². The first-order valence-corrected chi connectivity index (χ1v) is 5.35. The van der Waals surface area contributed by atoms with Gasteiger partial charge >= 0.3 is 5.97 Å². The minimum absolute atomic E-state index is 0.186. The van der Waals surface area contributed by atoms with Crippen LogP contribution in [-0.2, 0) is 9.53 Å². The molecule has 4 nitrogen and oxygen atoms in total. The molecule has 4 heteroatoms. The first kappa shape index (κ1) is 10.8. The summed E-state index contributed by atoms with van der Waals surface area (Å²) in [6.07, 6.45) is 1.16. The average molecular weight is 221 g/mol. The number of methoxy groups -OCH3 is 1. The molecule has 0 bridgehead atoms. The molecule has 0 spiro atoms. The number of phenolic OH excluding ortho intramolecular Hbond substituents is 1. The van der Waals surface area contributed by atoms with Crippen LogP contribution >= 0.6 is 0 Å². The van der Waals surface area contributed by atoms with E-state index in [9.17, 15) is 9.90 Å². The van der Waals surface area contributed by atoms with E-state index in [-0.39, 0.29) is 17.6 Å². The molecule has 0 fully saturated rings. The highest BCUT2D eigenvalue weighted by molar-refractivity contribution is 5.70. The van der Waals surface area contributed by atoms with Crippen LogP contribution in [0.2, 0.25) is 0 Å². The second-order valence-corrected chi connectivity index (χ2v) is 3.93. The second-order valence-electron chi connectivity index (χ2n) is 3.93. The number of hydrogen-bond donors (Lipinski definition) is 2. The lowest BCUT2D eigenvalue weighted by molar-refractivity contribution is -0.140. The van der Waals surface area contributed by atoms with E-state index in [1.165, 1.54) is 7.11 Å². The van der Waals surface area contributed by atoms with Crippen molar-refractivity contribution < 1.29 is 14.6 Å². The Hall–Kier alpha value is -1.71. The van der Waals surface area contributed by atoms with Gasteiger partial charge in [0.1, 0.15) is 5.75 Å². The van der Waals surface area contributed by atoms with Crippen LogP contribution in [-0.4, -0.2) is 24.7 Å². The van der Waals surface area contributed by atoms with Crippen LogP contribution in [0.4, 0.5) is 5.69 Å². The van der Waals surface area contributed by atoms with Gasteiger partial charge in [0.05, 0.1) is 12.8 Å². The summed E-state index contributed by atoms with van der Waals surface area (Å²) in [7, 11) is 1.40. The summed E-state index contributed by atoms with van der Waals surface area (Å²) in [6, 6.07) is 5.47. The monoisotopic (exact) mass is 221 g/mol. The third kappa shape index (κ3) is 1.96. The first-order valence-electron chi connectivity index (χ1n) is 5.35. The maximum Gasteiger partial charge on any atom is 0.305 e. The molecule has 1 aromatic rings. The van der Waals surface area contributed by atoms with E-state index in [2.05, 4.69) is 10.1 Å². The van der Waals surface area contributed by atoms with Gasteiger partial charge < -0.3 is 15.2 Å². The molecule has 0 amide bonds. The number of ether oxygens (including phenoxy) is 1. The molecule has 1 aliphatic rings. The molecule has 86 valence electrons. The van der Waals surface area contributed by atoms with Crippen molar-refractivity contribution in [3.63, 3.8) is 0 Å². The van der Waals surface area contributed by atoms with Gasteiger partial charge in [0.2, 0.25) is 0 Å². The van der Waals surface area contributed by atoms with Crippen molar-refractivity contribution in [3.8, 4) is 5.75 Å². The van der Waals surface area contributed by atoms with Crippen LogP contribution in [0.15, 0.2) is 18.2 Å². The van der Waals surface area contributed by atoms with Gasteiger partial charge in [-0.3, -0.25) is 4.79 Å². The van der Waals surface area contributed by atoms with E-state index in [0.29, 0.717) is 6.42 Å². The molecule has 16 heavy (non-hydrogen) atoms. The first-order chi connectivity index (χ1) is 7.72. The number of nitrogens with one attached hydrogen (secondary N) is 1. The van der Waals surface area contributed by atoms with E-state index in [4.69, 9.17) is 0 Å². The fraction of sp³-hybridized carbons (Fsp3) is 0.417. The largest absolute Gasteiger partial charge is 0.506 e. The summed E-state index contributed by atoms with van der Waals surface area (Å²) in [6.45, 7) is 0.768. The minimum atomic E-state index is -0.186. The molecule has 1 aromatic carbocycles. The Balaban J connectivity index is 2.06. The number of rotatable bonds is 3. The number of carbonyl (C=O) groups excluding carboxylic acids is 1. The highest BCUT2D eigenvalue weighted by Gasteiger charge is 2.24. The molecular formula is C12H15NO3. The molecule has 0 saturated heterocycles. The smallest absolute Gasteiger partial charge is 0.305 e. The van der Waals surface area contributed by atoms with E-state index < -0.39 is 0 Å². The minimum Gasteiger partial charge on any atom is -0.506 e. The summed E-state index contributed by atoms with van der Waals surface area (Å²) in [5, 5.41) is 12.8. The third-order valence-electron chi connectivity index (χ3n) is 2.96. The molecular weight excluding hydrogens is 206 g/mol. The van der Waals surface area contributed by atoms with Crippen molar-refractivity contribution in [2.45, 2.75) is 18.8 Å². The van der Waals surface area contributed by atoms with E-state index >= 15 is 0 Å². The Morgan fingerprint density at radius 2 is 2.44 bits per heavy atom. The second kappa shape index (κ2) is 4.43. The summed E-state index contributed by atoms with van der Waals surface area (Å²) in [4.78, 5) is 11.1. The van der Waals surface area contributed by atoms with E-state index in [1.54, 1.807) is 6.07 Å². The van der Waals surface area contributed by atoms with Gasteiger partial charge in [-0.05, 0) is 18.1 Å². The van der Waals surface area contributed by atoms with Crippen molar-refractivity contribution in [2.24, 2.45) is 0 Å². The van der Waals surface area contributed by atoms with Crippen molar-refractivity contribution in [1.29, 1.82) is 0 Å². The van der Waals surface area contributed by atoms with Crippen LogP contribution in [0.5, 0.6) is 5.75 Å². The summed E-state index contributed by atoms with van der Waals surface area (Å²) in [5.41, 5.74) is 1.89. The number of esters is 1. The molecule has 2 N–H and O–H groups in total. The summed E-state index contributed by atoms with van der Waals surface area (Å²) >= 11 is 0. The summed E-state index contributed by atoms with van der Waals surface area (Å²) < 4.78 is 4.61. The molecule has 0 saturated carbocycles. The molecule has 0 radical (unpaired) electrons. The Labute approximate surface area is 94.2 Å². The molecule has 1 unspecified atom stereocenters. The van der Waals surface area contributed by atoms with Gasteiger partial charge in [0.25, 0.3) is 0 Å². The van der Waals surface area contributed by atoms with Gasteiger partial charge in [-0.1, -0.05) is 12.1 Å². The highest BCUT2D eigenvalue weighted by atomic mass is 16.5. The van der Waals surface area contributed by atoms with Gasteiger partial charge in [-0.2, -0.15) is 0 Å². The van der Waals surface area contributed by atoms with Gasteiger partial charge in [0, 0.05) is 18.9 Å². The molecule has 1 aliphatic heterocycles. The fourth-order valence-corrected chi connectivity index (χ4v) is 2.08. The summed E-state index contributed by atoms with van der Waals surface area (Å²) in [5.74, 6) is 0.368. The van der Waals surface area contributed by atoms with Crippen LogP contribution in [0.25, 0.3) is 0 Å². The number of benzene rings is 1. The van der Waals surface area contributed by atoms with Crippen LogP contribution in [0, 0.1) is 0 Å². The average Bonchev–Trinajstić information content (AvgIpc) is 2.70. The lowest BCUT2D eigenvalue weighted by Crippen LogP contribution is -2.06. The lowest BCUT2D eigenvalue weighted by Gasteiger charge is -2.08. The van der Waals surface area contributed by atoms with Crippen molar-refractivity contribution >= 4 is 11.7 Å². The quantitative estimate of drug-likeness (QED) is 0.604. The molecule has 0 aromatic heterocycles. The number of hydrogen-bond acceptors (Lipinski definition) is 4. The Morgan fingerprint density at radius 3 is 3.19 bits per heavy atom. The zero-order valence-corrected chi connectivity index (χ0v) is 9.19.